The van der Waals surface area contributed by atoms with Gasteiger partial charge < -0.3 is 5.32 Å². The van der Waals surface area contributed by atoms with Gasteiger partial charge in [0.15, 0.2) is 0 Å². The van der Waals surface area contributed by atoms with E-state index in [-0.39, 0.29) is 11.9 Å². The lowest BCUT2D eigenvalue weighted by Crippen LogP contribution is -2.26. The Balaban J connectivity index is 1.58. The van der Waals surface area contributed by atoms with E-state index in [1.54, 1.807) is 0 Å². The third-order valence-corrected chi connectivity index (χ3v) is 3.72. The third kappa shape index (κ3) is 2.74. The van der Waals surface area contributed by atoms with Gasteiger partial charge in [0.25, 0.3) is 5.91 Å². The van der Waals surface area contributed by atoms with Crippen molar-refractivity contribution in [3.63, 3.8) is 0 Å². The molecule has 3 rings (SSSR count). The molecule has 4 heteroatoms. The maximum Gasteiger partial charge on any atom is 0.272 e. The second-order valence-corrected chi connectivity index (χ2v) is 5.36. The minimum absolute atomic E-state index is 0.0768. The zero-order valence-electron chi connectivity index (χ0n) is 11.6. The van der Waals surface area contributed by atoms with Crippen LogP contribution in [0.15, 0.2) is 36.4 Å². The molecule has 1 heterocycles. The van der Waals surface area contributed by atoms with Gasteiger partial charge in [0.05, 0.1) is 0 Å². The maximum absolute atomic E-state index is 12.1. The van der Waals surface area contributed by atoms with Crippen LogP contribution in [0.25, 0.3) is 0 Å². The lowest BCUT2D eigenvalue weighted by atomic mass is 10.1. The average molecular weight is 269 g/mol. The maximum atomic E-state index is 12.1. The van der Waals surface area contributed by atoms with E-state index >= 15 is 0 Å². The van der Waals surface area contributed by atoms with Gasteiger partial charge in [-0.3, -0.25) is 9.89 Å². The Labute approximate surface area is 118 Å². The molecule has 1 aromatic heterocycles. The van der Waals surface area contributed by atoms with Crippen LogP contribution in [0.3, 0.4) is 0 Å². The summed E-state index contributed by atoms with van der Waals surface area (Å²) in [5.41, 5.74) is 2.81. The number of carbonyl (C=O) groups excluding carboxylic acids is 1. The van der Waals surface area contributed by atoms with Gasteiger partial charge in [-0.05, 0) is 24.5 Å². The number of rotatable bonds is 5. The first kappa shape index (κ1) is 12.9. The Morgan fingerprint density at radius 1 is 1.40 bits per heavy atom. The quantitative estimate of drug-likeness (QED) is 0.876. The first-order valence-corrected chi connectivity index (χ1v) is 7.18. The van der Waals surface area contributed by atoms with E-state index in [1.807, 2.05) is 24.3 Å². The van der Waals surface area contributed by atoms with Crippen molar-refractivity contribution < 1.29 is 4.79 Å². The molecule has 1 fully saturated rings. The van der Waals surface area contributed by atoms with Crippen molar-refractivity contribution in [3.8, 4) is 0 Å². The van der Waals surface area contributed by atoms with Gasteiger partial charge >= 0.3 is 0 Å². The number of hydrogen-bond acceptors (Lipinski definition) is 2. The monoisotopic (exact) mass is 269 g/mol. The van der Waals surface area contributed by atoms with E-state index in [2.05, 4.69) is 34.6 Å². The Bertz CT molecular complexity index is 591. The van der Waals surface area contributed by atoms with E-state index < -0.39 is 0 Å². The Morgan fingerprint density at radius 2 is 2.20 bits per heavy atom. The standard InChI is InChI=1S/C16H19N3O/c1-2-6-12-9-15(19-18-12)16(20)17-14-10-13(14)11-7-4-3-5-8-11/h3-5,7-9,13-14H,2,6,10H2,1H3,(H,17,20)(H,18,19). The smallest absolute Gasteiger partial charge is 0.272 e. The van der Waals surface area contributed by atoms with E-state index in [0.717, 1.165) is 25.0 Å². The predicted octanol–water partition coefficient (Wildman–Crippen LogP) is 2.65. The van der Waals surface area contributed by atoms with Crippen molar-refractivity contribution in [2.45, 2.75) is 38.1 Å². The second-order valence-electron chi connectivity index (χ2n) is 5.36. The summed E-state index contributed by atoms with van der Waals surface area (Å²) in [6.45, 7) is 2.11. The van der Waals surface area contributed by atoms with Gasteiger partial charge in [0.1, 0.15) is 5.69 Å². The van der Waals surface area contributed by atoms with Gasteiger partial charge in [-0.25, -0.2) is 0 Å². The molecule has 20 heavy (non-hydrogen) atoms. The summed E-state index contributed by atoms with van der Waals surface area (Å²) in [6.07, 6.45) is 2.99. The lowest BCUT2D eigenvalue weighted by molar-refractivity contribution is 0.0945. The minimum atomic E-state index is -0.0768. The average Bonchev–Trinajstić information content (AvgIpc) is 3.07. The van der Waals surface area contributed by atoms with Gasteiger partial charge in [-0.2, -0.15) is 5.10 Å². The van der Waals surface area contributed by atoms with Crippen LogP contribution in [0.5, 0.6) is 0 Å². The highest BCUT2D eigenvalue weighted by atomic mass is 16.2. The highest BCUT2D eigenvalue weighted by Gasteiger charge is 2.39. The lowest BCUT2D eigenvalue weighted by Gasteiger charge is -2.02. The molecular weight excluding hydrogens is 250 g/mol. The molecule has 1 saturated carbocycles. The van der Waals surface area contributed by atoms with Gasteiger partial charge in [-0.15, -0.1) is 0 Å². The fourth-order valence-electron chi connectivity index (χ4n) is 2.54. The van der Waals surface area contributed by atoms with E-state index in [0.29, 0.717) is 11.6 Å². The van der Waals surface area contributed by atoms with Crippen molar-refractivity contribution in [3.05, 3.63) is 53.3 Å². The second kappa shape index (κ2) is 5.49. The molecule has 4 nitrogen and oxygen atoms in total. The molecule has 1 amide bonds. The van der Waals surface area contributed by atoms with Crippen LogP contribution in [0.4, 0.5) is 0 Å². The minimum Gasteiger partial charge on any atom is -0.347 e. The van der Waals surface area contributed by atoms with Crippen LogP contribution in [-0.2, 0) is 6.42 Å². The van der Waals surface area contributed by atoms with Crippen LogP contribution in [-0.4, -0.2) is 22.1 Å². The summed E-state index contributed by atoms with van der Waals surface area (Å²) in [6, 6.07) is 12.4. The topological polar surface area (TPSA) is 57.8 Å². The highest BCUT2D eigenvalue weighted by Crippen LogP contribution is 2.40. The number of amides is 1. The van der Waals surface area contributed by atoms with Crippen molar-refractivity contribution in [2.24, 2.45) is 0 Å². The molecule has 0 aliphatic heterocycles. The summed E-state index contributed by atoms with van der Waals surface area (Å²) in [4.78, 5) is 12.1. The molecule has 0 saturated heterocycles. The largest absolute Gasteiger partial charge is 0.347 e. The summed E-state index contributed by atoms with van der Waals surface area (Å²) in [5.74, 6) is 0.376. The number of carbonyl (C=O) groups is 1. The number of nitrogens with one attached hydrogen (secondary N) is 2. The summed E-state index contributed by atoms with van der Waals surface area (Å²) >= 11 is 0. The van der Waals surface area contributed by atoms with Crippen molar-refractivity contribution in [1.29, 1.82) is 0 Å². The first-order chi connectivity index (χ1) is 9.78. The summed E-state index contributed by atoms with van der Waals surface area (Å²) in [5, 5.41) is 10.0. The van der Waals surface area contributed by atoms with Gasteiger partial charge in [-0.1, -0.05) is 43.7 Å². The number of benzene rings is 1. The van der Waals surface area contributed by atoms with E-state index in [9.17, 15) is 4.79 Å². The zero-order chi connectivity index (χ0) is 13.9. The molecule has 1 aromatic carbocycles. The zero-order valence-corrected chi connectivity index (χ0v) is 11.6. The molecule has 2 unspecified atom stereocenters. The molecule has 0 spiro atoms. The first-order valence-electron chi connectivity index (χ1n) is 7.18. The molecule has 2 atom stereocenters. The Hall–Kier alpha value is -2.10. The van der Waals surface area contributed by atoms with Crippen molar-refractivity contribution in [2.75, 3.05) is 0 Å². The van der Waals surface area contributed by atoms with Crippen LogP contribution >= 0.6 is 0 Å². The highest BCUT2D eigenvalue weighted by molar-refractivity contribution is 5.92. The summed E-state index contributed by atoms with van der Waals surface area (Å²) in [7, 11) is 0. The molecule has 2 N–H and O–H groups in total. The van der Waals surface area contributed by atoms with Crippen molar-refractivity contribution >= 4 is 5.91 Å². The number of aryl methyl sites for hydroxylation is 1. The molecule has 0 bridgehead atoms. The van der Waals surface area contributed by atoms with Gasteiger partial charge in [0.2, 0.25) is 0 Å². The third-order valence-electron chi connectivity index (χ3n) is 3.72. The number of aromatic amines is 1. The van der Waals surface area contributed by atoms with E-state index in [4.69, 9.17) is 0 Å². The van der Waals surface area contributed by atoms with Crippen LogP contribution in [0.2, 0.25) is 0 Å². The van der Waals surface area contributed by atoms with Crippen LogP contribution < -0.4 is 5.32 Å². The fourth-order valence-corrected chi connectivity index (χ4v) is 2.54. The number of nitrogens with zero attached hydrogens (tertiary/aromatic N) is 1. The molecule has 2 aromatic rings. The Morgan fingerprint density at radius 3 is 2.95 bits per heavy atom. The molecular formula is C16H19N3O. The SMILES string of the molecule is CCCc1cc(C(=O)NC2CC2c2ccccc2)n[nH]1. The summed E-state index contributed by atoms with van der Waals surface area (Å²) < 4.78 is 0. The number of aromatic nitrogens is 2. The normalized spacial score (nSPS) is 20.6. The van der Waals surface area contributed by atoms with Crippen LogP contribution in [0, 0.1) is 0 Å². The van der Waals surface area contributed by atoms with Gasteiger partial charge in [0, 0.05) is 17.7 Å². The van der Waals surface area contributed by atoms with E-state index in [1.165, 1.54) is 5.56 Å². The van der Waals surface area contributed by atoms with Crippen molar-refractivity contribution in [1.82, 2.24) is 15.5 Å². The molecule has 1 aliphatic carbocycles. The number of hydrogen-bond donors (Lipinski definition) is 2. The predicted molar refractivity (Wildman–Crippen MR) is 77.6 cm³/mol. The molecule has 1 aliphatic rings. The molecule has 104 valence electrons. The molecule has 0 radical (unpaired) electrons. The van der Waals surface area contributed by atoms with Crippen LogP contribution in [0.1, 0.15) is 47.4 Å². The fraction of sp³-hybridized carbons (Fsp3) is 0.375. The number of H-pyrrole nitrogens is 1. The Kier molecular flexibility index (Phi) is 3.54.